The number of hydrogen-bond acceptors (Lipinski definition) is 6. The van der Waals surface area contributed by atoms with Crippen LogP contribution in [0.3, 0.4) is 0 Å². The van der Waals surface area contributed by atoms with Gasteiger partial charge in [0.2, 0.25) is 0 Å². The third kappa shape index (κ3) is 5.22. The maximum Gasteiger partial charge on any atom is 0.180 e. The molecule has 2 aliphatic rings. The number of aromatic nitrogens is 2. The molecule has 10 aromatic rings. The van der Waals surface area contributed by atoms with Crippen molar-refractivity contribution in [2.45, 2.75) is 12.0 Å². The summed E-state index contributed by atoms with van der Waals surface area (Å²) in [6, 6.07) is 61.6. The van der Waals surface area contributed by atoms with Crippen LogP contribution in [0.5, 0.6) is 5.75 Å². The Morgan fingerprint density at radius 3 is 2.10 bits per heavy atom. The molecule has 0 spiro atoms. The van der Waals surface area contributed by atoms with E-state index in [9.17, 15) is 0 Å². The van der Waals surface area contributed by atoms with Crippen molar-refractivity contribution in [3.05, 3.63) is 205 Å². The molecule has 58 heavy (non-hydrogen) atoms. The zero-order chi connectivity index (χ0) is 38.2. The number of para-hydroxylation sites is 3. The van der Waals surface area contributed by atoms with Crippen LogP contribution in [0.4, 0.5) is 11.4 Å². The summed E-state index contributed by atoms with van der Waals surface area (Å²) >= 11 is 1.84. The molecule has 0 radical (unpaired) electrons. The molecule has 5 nitrogen and oxygen atoms in total. The van der Waals surface area contributed by atoms with Gasteiger partial charge in [-0.1, -0.05) is 127 Å². The molecular formula is C52H33N3O2S. The Kier molecular flexibility index (Phi) is 7.46. The molecule has 0 saturated carbocycles. The van der Waals surface area contributed by atoms with E-state index in [1.165, 1.54) is 31.3 Å². The first-order valence-corrected chi connectivity index (χ1v) is 20.4. The van der Waals surface area contributed by atoms with Gasteiger partial charge >= 0.3 is 0 Å². The zero-order valence-corrected chi connectivity index (χ0v) is 31.9. The summed E-state index contributed by atoms with van der Waals surface area (Å²) in [7, 11) is 0. The Morgan fingerprint density at radius 1 is 0.534 bits per heavy atom. The van der Waals surface area contributed by atoms with Crippen LogP contribution in [0.25, 0.3) is 70.5 Å². The van der Waals surface area contributed by atoms with Gasteiger partial charge in [0.05, 0.1) is 11.6 Å². The van der Waals surface area contributed by atoms with Gasteiger partial charge in [-0.15, -0.1) is 11.3 Å². The molecular weight excluding hydrogens is 731 g/mol. The highest BCUT2D eigenvalue weighted by Gasteiger charge is 2.43. The lowest BCUT2D eigenvalue weighted by Crippen LogP contribution is -2.34. The number of ether oxygens (including phenoxy) is 1. The second kappa shape index (κ2) is 13.2. The van der Waals surface area contributed by atoms with E-state index in [-0.39, 0.29) is 12.0 Å². The van der Waals surface area contributed by atoms with Crippen molar-refractivity contribution in [2.24, 2.45) is 0 Å². The number of hydrogen-bond donors (Lipinski definition) is 0. The molecule has 0 bridgehead atoms. The molecule has 1 aliphatic heterocycles. The van der Waals surface area contributed by atoms with Crippen LogP contribution in [-0.4, -0.2) is 16.1 Å². The molecule has 2 atom stereocenters. The number of furan rings is 1. The Balaban J connectivity index is 0.986. The van der Waals surface area contributed by atoms with Gasteiger partial charge in [0.25, 0.3) is 0 Å². The van der Waals surface area contributed by atoms with Crippen molar-refractivity contribution >= 4 is 70.5 Å². The van der Waals surface area contributed by atoms with Crippen LogP contribution in [0.15, 0.2) is 198 Å². The number of allylic oxidation sites excluding steroid dienone is 2. The van der Waals surface area contributed by atoms with Gasteiger partial charge in [0.1, 0.15) is 28.6 Å². The van der Waals surface area contributed by atoms with Crippen LogP contribution in [-0.2, 0) is 0 Å². The quantitative estimate of drug-likeness (QED) is 0.169. The van der Waals surface area contributed by atoms with Crippen LogP contribution < -0.4 is 9.64 Å². The number of nitrogens with zero attached hydrogens (tertiary/aromatic N) is 3. The highest BCUT2D eigenvalue weighted by atomic mass is 32.1. The number of rotatable bonds is 6. The number of anilines is 2. The zero-order valence-electron chi connectivity index (χ0n) is 31.1. The van der Waals surface area contributed by atoms with Gasteiger partial charge in [-0.2, -0.15) is 0 Å². The predicted molar refractivity (Wildman–Crippen MR) is 238 cm³/mol. The third-order valence-electron chi connectivity index (χ3n) is 11.5. The molecule has 0 fully saturated rings. The average molecular weight is 764 g/mol. The summed E-state index contributed by atoms with van der Waals surface area (Å²) < 4.78 is 15.9. The first-order valence-electron chi connectivity index (χ1n) is 19.5. The molecule has 6 heteroatoms. The number of benzene rings is 7. The molecule has 0 amide bonds. The molecule has 1 aliphatic carbocycles. The minimum Gasteiger partial charge on any atom is -0.483 e. The minimum atomic E-state index is -0.249. The van der Waals surface area contributed by atoms with Gasteiger partial charge in [-0.05, 0) is 71.8 Å². The van der Waals surface area contributed by atoms with E-state index in [0.29, 0.717) is 11.4 Å². The second-order valence-electron chi connectivity index (χ2n) is 14.8. The van der Waals surface area contributed by atoms with E-state index in [1.54, 1.807) is 0 Å². The van der Waals surface area contributed by atoms with Gasteiger partial charge in [0.15, 0.2) is 11.4 Å². The summed E-state index contributed by atoms with van der Waals surface area (Å²) in [4.78, 5) is 12.6. The lowest BCUT2D eigenvalue weighted by Gasteiger charge is -2.36. The third-order valence-corrected chi connectivity index (χ3v) is 12.7. The van der Waals surface area contributed by atoms with Crippen molar-refractivity contribution in [1.82, 2.24) is 9.97 Å². The first kappa shape index (κ1) is 32.9. The summed E-state index contributed by atoms with van der Waals surface area (Å²) in [5.41, 5.74) is 11.8. The van der Waals surface area contributed by atoms with Crippen LogP contribution in [0.1, 0.15) is 17.0 Å². The topological polar surface area (TPSA) is 51.4 Å². The second-order valence-corrected chi connectivity index (χ2v) is 15.9. The molecule has 12 rings (SSSR count). The smallest absolute Gasteiger partial charge is 0.180 e. The van der Waals surface area contributed by atoms with Gasteiger partial charge < -0.3 is 14.1 Å². The van der Waals surface area contributed by atoms with Gasteiger partial charge in [0, 0.05) is 53.6 Å². The number of fused-ring (bicyclic) bond motifs is 9. The average Bonchev–Trinajstić information content (AvgIpc) is 3.99. The first-order chi connectivity index (χ1) is 28.7. The van der Waals surface area contributed by atoms with E-state index in [2.05, 4.69) is 157 Å². The maximum atomic E-state index is 6.98. The van der Waals surface area contributed by atoms with E-state index in [4.69, 9.17) is 19.1 Å². The SMILES string of the molecule is C1=C(c2ccc(-c3nc(-c4ccccc4)c4oc5ccccc5c4n3)cc2)C2c3ccccc3OC2C(N(c2ccccc2)c2ccc3sc4ccccc4c3c2)=C1. The van der Waals surface area contributed by atoms with Crippen molar-refractivity contribution in [2.75, 3.05) is 4.90 Å². The van der Waals surface area contributed by atoms with Gasteiger partial charge in [-0.3, -0.25) is 0 Å². The predicted octanol–water partition coefficient (Wildman–Crippen LogP) is 13.7. The highest BCUT2D eigenvalue weighted by molar-refractivity contribution is 7.25. The maximum absolute atomic E-state index is 6.98. The van der Waals surface area contributed by atoms with Crippen molar-refractivity contribution in [1.29, 1.82) is 0 Å². The monoisotopic (exact) mass is 763 g/mol. The summed E-state index contributed by atoms with van der Waals surface area (Å²) in [5, 5.41) is 3.52. The fourth-order valence-electron chi connectivity index (χ4n) is 8.83. The lowest BCUT2D eigenvalue weighted by atomic mass is 9.79. The van der Waals surface area contributed by atoms with E-state index < -0.39 is 0 Å². The van der Waals surface area contributed by atoms with Crippen LogP contribution >= 0.6 is 11.3 Å². The Hall–Kier alpha value is -7.28. The lowest BCUT2D eigenvalue weighted by molar-refractivity contribution is 0.256. The normalized spacial score (nSPS) is 15.9. The van der Waals surface area contributed by atoms with E-state index in [1.807, 2.05) is 47.7 Å². The molecule has 2 unspecified atom stereocenters. The Bertz CT molecular complexity index is 3270. The minimum absolute atomic E-state index is 0.0199. The van der Waals surface area contributed by atoms with E-state index >= 15 is 0 Å². The van der Waals surface area contributed by atoms with Crippen LogP contribution in [0, 0.1) is 0 Å². The molecule has 274 valence electrons. The molecule has 4 heterocycles. The molecule has 3 aromatic heterocycles. The highest BCUT2D eigenvalue weighted by Crippen LogP contribution is 2.52. The molecule has 0 saturated heterocycles. The fourth-order valence-corrected chi connectivity index (χ4v) is 9.91. The largest absolute Gasteiger partial charge is 0.483 e. The van der Waals surface area contributed by atoms with Crippen molar-refractivity contribution < 1.29 is 9.15 Å². The van der Waals surface area contributed by atoms with Crippen LogP contribution in [0.2, 0.25) is 0 Å². The summed E-state index contributed by atoms with van der Waals surface area (Å²) in [5.74, 6) is 1.56. The summed E-state index contributed by atoms with van der Waals surface area (Å²) in [6.45, 7) is 0. The van der Waals surface area contributed by atoms with Crippen molar-refractivity contribution in [3.8, 4) is 28.4 Å². The molecule has 7 aromatic carbocycles. The standard InChI is InChI=1S/C52H33N3O2S/c1-3-13-33(14-4-1)48-51-49(40-19-8-11-21-44(40)57-51)54-52(53-48)34-25-23-32(24-26-34)37-28-29-42(50-47(37)39-18-7-10-20-43(39)56-50)55(35-15-5-2-6-16-35)36-27-30-46-41(31-36)38-17-9-12-22-45(38)58-46/h1-31,47,50H. The fraction of sp³-hybridized carbons (Fsp3) is 0.0385. The van der Waals surface area contributed by atoms with Crippen molar-refractivity contribution in [3.63, 3.8) is 0 Å². The van der Waals surface area contributed by atoms with Gasteiger partial charge in [-0.25, -0.2) is 9.97 Å². The molecule has 0 N–H and O–H groups in total. The number of thiophene rings is 1. The van der Waals surface area contributed by atoms with E-state index in [0.717, 1.165) is 61.7 Å². The summed E-state index contributed by atoms with van der Waals surface area (Å²) in [6.07, 6.45) is 4.30. The Morgan fingerprint density at radius 2 is 1.24 bits per heavy atom. The Labute approximate surface area is 338 Å².